The average Bonchev–Trinajstić information content (AvgIpc) is 2.74. The first kappa shape index (κ1) is 20.5. The van der Waals surface area contributed by atoms with Gasteiger partial charge in [-0.05, 0) is 61.6 Å². The van der Waals surface area contributed by atoms with Crippen LogP contribution in [0.3, 0.4) is 0 Å². The van der Waals surface area contributed by atoms with E-state index in [0.29, 0.717) is 35.0 Å². The second-order valence-corrected chi connectivity index (χ2v) is 8.21. The Hall–Kier alpha value is -2.73. The smallest absolute Gasteiger partial charge is 0.345 e. The Labute approximate surface area is 179 Å². The van der Waals surface area contributed by atoms with Gasteiger partial charge in [0.05, 0.1) is 18.1 Å². The molecule has 0 radical (unpaired) electrons. The number of hydrogen-bond donors (Lipinski definition) is 0. The topological polar surface area (TPSA) is 82.3 Å². The van der Waals surface area contributed by atoms with Crippen molar-refractivity contribution in [1.29, 1.82) is 0 Å². The van der Waals surface area contributed by atoms with Crippen molar-refractivity contribution >= 4 is 28.7 Å². The van der Waals surface area contributed by atoms with Gasteiger partial charge in [-0.15, -0.1) is 0 Å². The quantitative estimate of drug-likeness (QED) is 0.429. The van der Waals surface area contributed by atoms with E-state index in [1.54, 1.807) is 13.0 Å². The van der Waals surface area contributed by atoms with Crippen molar-refractivity contribution in [2.24, 2.45) is 5.92 Å². The Morgan fingerprint density at radius 2 is 1.87 bits per heavy atom. The van der Waals surface area contributed by atoms with Crippen LogP contribution in [0.2, 0.25) is 5.15 Å². The molecule has 3 aromatic rings. The van der Waals surface area contributed by atoms with Crippen LogP contribution in [0.4, 0.5) is 0 Å². The molecule has 0 bridgehead atoms. The molecular formula is C23H23ClN2O4. The van der Waals surface area contributed by atoms with Gasteiger partial charge in [-0.1, -0.05) is 35.9 Å². The highest BCUT2D eigenvalue weighted by atomic mass is 35.5. The third-order valence-electron chi connectivity index (χ3n) is 5.90. The molecule has 0 spiro atoms. The number of carbonyl (C=O) groups excluding carboxylic acids is 1. The number of halogens is 1. The van der Waals surface area contributed by atoms with E-state index >= 15 is 0 Å². The van der Waals surface area contributed by atoms with Crippen LogP contribution in [0.25, 0.3) is 22.2 Å². The summed E-state index contributed by atoms with van der Waals surface area (Å²) >= 11 is 6.21. The minimum absolute atomic E-state index is 0.127. The molecule has 0 unspecified atom stereocenters. The van der Waals surface area contributed by atoms with Crippen molar-refractivity contribution in [3.8, 4) is 11.1 Å². The summed E-state index contributed by atoms with van der Waals surface area (Å²) in [5.74, 6) is 1.20. The van der Waals surface area contributed by atoms with Crippen LogP contribution in [0, 0.1) is 12.8 Å². The standard InChI is InChI=1S/C23H23ClN2O4/c1-13-25-21(24)19-12-18(23(28)30-22(19)26-13)17-9-7-16(8-10-17)15-5-3-14(4-6-15)11-20(27)29-2/h7-10,12,14-15H,3-6,11H2,1-2H3/t14-,15-. The first-order chi connectivity index (χ1) is 14.4. The zero-order valence-electron chi connectivity index (χ0n) is 17.0. The van der Waals surface area contributed by atoms with Crippen LogP contribution in [0.1, 0.15) is 49.4 Å². The Bertz CT molecular complexity index is 1130. The Kier molecular flexibility index (Phi) is 5.86. The molecule has 2 aromatic heterocycles. The number of benzene rings is 1. The summed E-state index contributed by atoms with van der Waals surface area (Å²) in [4.78, 5) is 32.2. The van der Waals surface area contributed by atoms with E-state index in [0.717, 1.165) is 31.2 Å². The highest BCUT2D eigenvalue weighted by molar-refractivity contribution is 6.33. The monoisotopic (exact) mass is 426 g/mol. The predicted molar refractivity (Wildman–Crippen MR) is 115 cm³/mol. The summed E-state index contributed by atoms with van der Waals surface area (Å²) in [5.41, 5.74) is 2.20. The first-order valence-electron chi connectivity index (χ1n) is 10.1. The fourth-order valence-electron chi connectivity index (χ4n) is 4.22. The number of methoxy groups -OCH3 is 1. The molecule has 1 aliphatic rings. The Morgan fingerprint density at radius 1 is 1.17 bits per heavy atom. The molecule has 0 aliphatic heterocycles. The van der Waals surface area contributed by atoms with Crippen molar-refractivity contribution in [1.82, 2.24) is 9.97 Å². The van der Waals surface area contributed by atoms with E-state index < -0.39 is 5.63 Å². The molecule has 156 valence electrons. The number of nitrogens with zero attached hydrogens (tertiary/aromatic N) is 2. The maximum absolute atomic E-state index is 12.5. The first-order valence-corrected chi connectivity index (χ1v) is 10.5. The van der Waals surface area contributed by atoms with Crippen LogP contribution < -0.4 is 5.63 Å². The van der Waals surface area contributed by atoms with Gasteiger partial charge in [0.15, 0.2) is 0 Å². The average molecular weight is 427 g/mol. The molecule has 7 heteroatoms. The molecule has 30 heavy (non-hydrogen) atoms. The summed E-state index contributed by atoms with van der Waals surface area (Å²) in [5, 5.41) is 0.785. The molecule has 4 rings (SSSR count). The summed E-state index contributed by atoms with van der Waals surface area (Å²) in [6, 6.07) is 9.71. The maximum atomic E-state index is 12.5. The van der Waals surface area contributed by atoms with Crippen molar-refractivity contribution in [3.05, 3.63) is 57.3 Å². The van der Waals surface area contributed by atoms with Gasteiger partial charge in [-0.25, -0.2) is 9.78 Å². The van der Waals surface area contributed by atoms with Crippen LogP contribution in [-0.4, -0.2) is 23.0 Å². The predicted octanol–water partition coefficient (Wildman–Crippen LogP) is 5.05. The summed E-state index contributed by atoms with van der Waals surface area (Å²) in [7, 11) is 1.44. The molecule has 0 N–H and O–H groups in total. The molecule has 1 fully saturated rings. The van der Waals surface area contributed by atoms with E-state index in [-0.39, 0.29) is 16.8 Å². The number of hydrogen-bond acceptors (Lipinski definition) is 6. The van der Waals surface area contributed by atoms with E-state index in [1.165, 1.54) is 12.7 Å². The number of esters is 1. The third kappa shape index (κ3) is 4.24. The SMILES string of the molecule is COC(=O)C[C@H]1CC[C@H](c2ccc(-c3cc4c(Cl)nc(C)nc4oc3=O)cc2)CC1. The van der Waals surface area contributed by atoms with Gasteiger partial charge in [-0.2, -0.15) is 4.98 Å². The molecule has 0 atom stereocenters. The highest BCUT2D eigenvalue weighted by Gasteiger charge is 2.24. The molecule has 6 nitrogen and oxygen atoms in total. The Balaban J connectivity index is 1.52. The van der Waals surface area contributed by atoms with E-state index in [4.69, 9.17) is 20.8 Å². The van der Waals surface area contributed by atoms with Crippen LogP contribution in [-0.2, 0) is 9.53 Å². The van der Waals surface area contributed by atoms with Crippen molar-refractivity contribution in [2.45, 2.75) is 44.9 Å². The minimum Gasteiger partial charge on any atom is -0.469 e. The zero-order chi connectivity index (χ0) is 21.3. The lowest BCUT2D eigenvalue weighted by atomic mass is 9.77. The normalized spacial score (nSPS) is 19.0. The zero-order valence-corrected chi connectivity index (χ0v) is 17.7. The molecular weight excluding hydrogens is 404 g/mol. The fourth-order valence-corrected chi connectivity index (χ4v) is 4.48. The van der Waals surface area contributed by atoms with Gasteiger partial charge in [0.1, 0.15) is 11.0 Å². The lowest BCUT2D eigenvalue weighted by Gasteiger charge is -2.28. The summed E-state index contributed by atoms with van der Waals surface area (Å²) < 4.78 is 10.2. The van der Waals surface area contributed by atoms with Gasteiger partial charge in [0.25, 0.3) is 0 Å². The molecule has 1 saturated carbocycles. The number of fused-ring (bicyclic) bond motifs is 1. The van der Waals surface area contributed by atoms with Crippen molar-refractivity contribution < 1.29 is 13.9 Å². The fraction of sp³-hybridized carbons (Fsp3) is 0.391. The van der Waals surface area contributed by atoms with Crippen molar-refractivity contribution in [2.75, 3.05) is 7.11 Å². The van der Waals surface area contributed by atoms with Crippen LogP contribution >= 0.6 is 11.6 Å². The highest BCUT2D eigenvalue weighted by Crippen LogP contribution is 2.37. The van der Waals surface area contributed by atoms with Crippen LogP contribution in [0.15, 0.2) is 39.5 Å². The number of rotatable bonds is 4. The second kappa shape index (κ2) is 8.56. The van der Waals surface area contributed by atoms with Gasteiger partial charge >= 0.3 is 11.6 Å². The molecule has 1 aliphatic carbocycles. The second-order valence-electron chi connectivity index (χ2n) is 7.85. The Morgan fingerprint density at radius 3 is 2.53 bits per heavy atom. The molecule has 0 amide bonds. The third-order valence-corrected chi connectivity index (χ3v) is 6.18. The molecule has 1 aromatic carbocycles. The lowest BCUT2D eigenvalue weighted by molar-refractivity contribution is -0.142. The number of aromatic nitrogens is 2. The van der Waals surface area contributed by atoms with Crippen LogP contribution in [0.5, 0.6) is 0 Å². The van der Waals surface area contributed by atoms with E-state index in [2.05, 4.69) is 22.1 Å². The number of aryl methyl sites for hydroxylation is 1. The van der Waals surface area contributed by atoms with Crippen molar-refractivity contribution in [3.63, 3.8) is 0 Å². The number of carbonyl (C=O) groups is 1. The molecule has 0 saturated heterocycles. The molecule has 2 heterocycles. The van der Waals surface area contributed by atoms with Gasteiger partial charge in [-0.3, -0.25) is 4.79 Å². The summed E-state index contributed by atoms with van der Waals surface area (Å²) in [6.45, 7) is 1.70. The minimum atomic E-state index is -0.451. The van der Waals surface area contributed by atoms with Gasteiger partial charge in [0.2, 0.25) is 5.71 Å². The summed E-state index contributed by atoms with van der Waals surface area (Å²) in [6.07, 6.45) is 4.64. The number of ether oxygens (including phenoxy) is 1. The van der Waals surface area contributed by atoms with E-state index in [9.17, 15) is 9.59 Å². The van der Waals surface area contributed by atoms with Gasteiger partial charge in [0, 0.05) is 6.42 Å². The van der Waals surface area contributed by atoms with E-state index in [1.807, 2.05) is 12.1 Å². The maximum Gasteiger partial charge on any atom is 0.345 e. The van der Waals surface area contributed by atoms with Gasteiger partial charge < -0.3 is 9.15 Å². The largest absolute Gasteiger partial charge is 0.469 e. The lowest BCUT2D eigenvalue weighted by Crippen LogP contribution is -2.17.